The summed E-state index contributed by atoms with van der Waals surface area (Å²) in [6, 6.07) is 0.359. The number of carbonyl (C=O) groups is 2. The quantitative estimate of drug-likeness (QED) is 0.378. The van der Waals surface area contributed by atoms with Crippen LogP contribution in [0.15, 0.2) is 30.4 Å². The maximum Gasteiger partial charge on any atom is 0.461 e. The van der Waals surface area contributed by atoms with E-state index >= 15 is 0 Å². The van der Waals surface area contributed by atoms with Gasteiger partial charge in [0, 0.05) is 12.6 Å². The molecule has 11 heteroatoms. The summed E-state index contributed by atoms with van der Waals surface area (Å²) in [5, 5.41) is 2.57. The van der Waals surface area contributed by atoms with E-state index in [-0.39, 0.29) is 12.1 Å². The van der Waals surface area contributed by atoms with E-state index in [0.717, 1.165) is 12.1 Å². The zero-order valence-corrected chi connectivity index (χ0v) is 19.3. The third-order valence-electron chi connectivity index (χ3n) is 4.26. The predicted octanol–water partition coefficient (Wildman–Crippen LogP) is 5.44. The maximum absolute atomic E-state index is 14.0. The van der Waals surface area contributed by atoms with Gasteiger partial charge in [0.25, 0.3) is 0 Å². The van der Waals surface area contributed by atoms with Crippen molar-refractivity contribution in [2.75, 3.05) is 6.54 Å². The molecule has 0 aliphatic heterocycles. The molecule has 2 amide bonds. The van der Waals surface area contributed by atoms with E-state index in [1.54, 1.807) is 34.6 Å². The molecule has 33 heavy (non-hydrogen) atoms. The molecular formula is C22H29F5N2O4. The molecule has 2 atom stereocenters. The summed E-state index contributed by atoms with van der Waals surface area (Å²) < 4.78 is 74.7. The van der Waals surface area contributed by atoms with Gasteiger partial charge in [0.2, 0.25) is 5.91 Å². The summed E-state index contributed by atoms with van der Waals surface area (Å²) in [5.74, 6) is -2.51. The lowest BCUT2D eigenvalue weighted by molar-refractivity contribution is -0.253. The van der Waals surface area contributed by atoms with E-state index in [1.807, 2.05) is 0 Å². The van der Waals surface area contributed by atoms with Crippen LogP contribution in [0.4, 0.5) is 26.7 Å². The normalized spacial score (nSPS) is 14.2. The molecule has 2 unspecified atom stereocenters. The summed E-state index contributed by atoms with van der Waals surface area (Å²) in [6.45, 7) is 9.88. The van der Waals surface area contributed by atoms with Gasteiger partial charge in [-0.3, -0.25) is 9.69 Å². The van der Waals surface area contributed by atoms with Crippen molar-refractivity contribution in [1.29, 1.82) is 0 Å². The lowest BCUT2D eigenvalue weighted by atomic mass is 10.0. The molecule has 0 saturated heterocycles. The largest absolute Gasteiger partial charge is 0.461 e. The number of halogens is 5. The first-order chi connectivity index (χ1) is 15.1. The van der Waals surface area contributed by atoms with Crippen molar-refractivity contribution in [3.8, 4) is 5.75 Å². The number of ether oxygens (including phenoxy) is 2. The predicted molar refractivity (Wildman–Crippen MR) is 112 cm³/mol. The molecule has 0 radical (unpaired) electrons. The van der Waals surface area contributed by atoms with E-state index in [2.05, 4.69) is 10.1 Å². The van der Waals surface area contributed by atoms with Crippen molar-refractivity contribution in [2.24, 2.45) is 0 Å². The van der Waals surface area contributed by atoms with Gasteiger partial charge >= 0.3 is 18.6 Å². The van der Waals surface area contributed by atoms with Gasteiger partial charge in [-0.1, -0.05) is 12.2 Å². The van der Waals surface area contributed by atoms with Gasteiger partial charge < -0.3 is 14.8 Å². The smallest absolute Gasteiger partial charge is 0.444 e. The SMILES string of the molecule is C/C=C/C(NC(=O)C(C)N(CC)C(=O)OC(C)(C)C)c1cc(F)cc(OC(F)(F)C(F)F)c1. The minimum absolute atomic E-state index is 0.0333. The number of rotatable bonds is 9. The Balaban J connectivity index is 3.14. The summed E-state index contributed by atoms with van der Waals surface area (Å²) >= 11 is 0. The van der Waals surface area contributed by atoms with E-state index in [1.165, 1.54) is 24.0 Å². The minimum atomic E-state index is -4.83. The highest BCUT2D eigenvalue weighted by Crippen LogP contribution is 2.30. The Hall–Kier alpha value is -2.85. The highest BCUT2D eigenvalue weighted by atomic mass is 19.3. The number of benzene rings is 1. The van der Waals surface area contributed by atoms with Crippen molar-refractivity contribution < 1.29 is 41.0 Å². The second-order valence-electron chi connectivity index (χ2n) is 8.14. The van der Waals surface area contributed by atoms with Crippen LogP contribution in [-0.2, 0) is 9.53 Å². The van der Waals surface area contributed by atoms with Crippen molar-refractivity contribution in [3.63, 3.8) is 0 Å². The van der Waals surface area contributed by atoms with Crippen molar-refractivity contribution >= 4 is 12.0 Å². The molecule has 0 aromatic heterocycles. The molecule has 1 aromatic carbocycles. The van der Waals surface area contributed by atoms with Gasteiger partial charge in [-0.05, 0) is 59.2 Å². The van der Waals surface area contributed by atoms with Crippen LogP contribution in [0.3, 0.4) is 0 Å². The Bertz CT molecular complexity index is 856. The van der Waals surface area contributed by atoms with Crippen LogP contribution in [0.2, 0.25) is 0 Å². The zero-order valence-electron chi connectivity index (χ0n) is 19.3. The number of hydrogen-bond donors (Lipinski definition) is 1. The molecule has 1 aromatic rings. The number of likely N-dealkylation sites (N-methyl/N-ethyl adjacent to an activating group) is 1. The summed E-state index contributed by atoms with van der Waals surface area (Å²) in [5.41, 5.74) is -0.819. The average Bonchev–Trinajstić information content (AvgIpc) is 2.65. The van der Waals surface area contributed by atoms with Crippen LogP contribution in [0, 0.1) is 5.82 Å². The average molecular weight is 480 g/mol. The Morgan fingerprint density at radius 1 is 1.18 bits per heavy atom. The number of nitrogens with one attached hydrogen (secondary N) is 1. The highest BCUT2D eigenvalue weighted by molar-refractivity contribution is 5.85. The lowest BCUT2D eigenvalue weighted by Gasteiger charge is -2.31. The minimum Gasteiger partial charge on any atom is -0.444 e. The number of carbonyl (C=O) groups excluding carboxylic acids is 2. The van der Waals surface area contributed by atoms with Crippen LogP contribution in [-0.4, -0.2) is 47.6 Å². The van der Waals surface area contributed by atoms with Crippen molar-refractivity contribution in [2.45, 2.75) is 71.8 Å². The number of hydrogen-bond acceptors (Lipinski definition) is 4. The molecule has 0 saturated carbocycles. The number of nitrogens with zero attached hydrogens (tertiary/aromatic N) is 1. The van der Waals surface area contributed by atoms with E-state index in [4.69, 9.17) is 4.74 Å². The Morgan fingerprint density at radius 2 is 1.79 bits per heavy atom. The van der Waals surface area contributed by atoms with Gasteiger partial charge in [0.05, 0.1) is 6.04 Å². The van der Waals surface area contributed by atoms with Gasteiger partial charge in [-0.25, -0.2) is 9.18 Å². The molecule has 0 aliphatic carbocycles. The van der Waals surface area contributed by atoms with Crippen LogP contribution in [0.1, 0.15) is 53.1 Å². The fraction of sp³-hybridized carbons (Fsp3) is 0.545. The fourth-order valence-electron chi connectivity index (χ4n) is 2.76. The first-order valence-corrected chi connectivity index (χ1v) is 10.2. The maximum atomic E-state index is 14.0. The molecule has 0 bridgehead atoms. The van der Waals surface area contributed by atoms with Crippen molar-refractivity contribution in [3.05, 3.63) is 41.7 Å². The van der Waals surface area contributed by atoms with Crippen molar-refractivity contribution in [1.82, 2.24) is 10.2 Å². The van der Waals surface area contributed by atoms with Crippen LogP contribution < -0.4 is 10.1 Å². The van der Waals surface area contributed by atoms with Gasteiger partial charge in [-0.15, -0.1) is 0 Å². The van der Waals surface area contributed by atoms with Crippen LogP contribution in [0.5, 0.6) is 5.75 Å². The number of alkyl halides is 4. The first kappa shape index (κ1) is 28.2. The van der Waals surface area contributed by atoms with Crippen LogP contribution in [0.25, 0.3) is 0 Å². The Kier molecular flexibility index (Phi) is 9.68. The molecule has 0 heterocycles. The monoisotopic (exact) mass is 480 g/mol. The Morgan fingerprint density at radius 3 is 2.27 bits per heavy atom. The van der Waals surface area contributed by atoms with Gasteiger partial charge in [-0.2, -0.15) is 17.6 Å². The molecule has 0 fully saturated rings. The Labute approximate surface area is 189 Å². The summed E-state index contributed by atoms with van der Waals surface area (Å²) in [4.78, 5) is 26.4. The van der Waals surface area contributed by atoms with Gasteiger partial charge in [0.1, 0.15) is 23.2 Å². The molecule has 1 N–H and O–H groups in total. The van der Waals surface area contributed by atoms with Gasteiger partial charge in [0.15, 0.2) is 0 Å². The second-order valence-corrected chi connectivity index (χ2v) is 8.14. The van der Waals surface area contributed by atoms with E-state index in [0.29, 0.717) is 6.07 Å². The molecule has 0 spiro atoms. The third-order valence-corrected chi connectivity index (χ3v) is 4.26. The lowest BCUT2D eigenvalue weighted by Crippen LogP contribution is -2.49. The van der Waals surface area contributed by atoms with E-state index < -0.39 is 53.8 Å². The molecular weight excluding hydrogens is 451 g/mol. The number of allylic oxidation sites excluding steroid dienone is 1. The van der Waals surface area contributed by atoms with Crippen LogP contribution >= 0.6 is 0 Å². The molecule has 186 valence electrons. The number of amides is 2. The third kappa shape index (κ3) is 8.54. The highest BCUT2D eigenvalue weighted by Gasteiger charge is 2.44. The topological polar surface area (TPSA) is 67.9 Å². The standard InChI is InChI=1S/C22H29F5N2O4/c1-7-9-17(14-10-15(23)12-16(11-14)32-22(26,27)19(24)25)28-18(30)13(3)29(8-2)20(31)33-21(4,5)6/h7,9-13,17,19H,8H2,1-6H3,(H,28,30)/b9-7+. The van der Waals surface area contributed by atoms with E-state index in [9.17, 15) is 31.5 Å². The first-order valence-electron chi connectivity index (χ1n) is 10.2. The second kappa shape index (κ2) is 11.3. The fourth-order valence-corrected chi connectivity index (χ4v) is 2.76. The summed E-state index contributed by atoms with van der Waals surface area (Å²) in [7, 11) is 0. The zero-order chi connectivity index (χ0) is 25.6. The molecule has 1 rings (SSSR count). The molecule has 6 nitrogen and oxygen atoms in total. The summed E-state index contributed by atoms with van der Waals surface area (Å²) in [6.07, 6.45) is -6.72. The molecule has 0 aliphatic rings.